The minimum atomic E-state index is -0.0943. The van der Waals surface area contributed by atoms with Crippen molar-refractivity contribution in [3.05, 3.63) is 89.7 Å². The van der Waals surface area contributed by atoms with Crippen LogP contribution in [0.25, 0.3) is 11.1 Å². The van der Waals surface area contributed by atoms with Crippen LogP contribution >= 0.6 is 0 Å². The lowest BCUT2D eigenvalue weighted by atomic mass is 9.97. The fourth-order valence-corrected chi connectivity index (χ4v) is 2.64. The van der Waals surface area contributed by atoms with Gasteiger partial charge in [0, 0.05) is 25.0 Å². The van der Waals surface area contributed by atoms with Gasteiger partial charge in [-0.15, -0.1) is 0 Å². The third kappa shape index (κ3) is 4.31. The zero-order chi connectivity index (χ0) is 17.5. The maximum absolute atomic E-state index is 12.2. The molecule has 3 aromatic rings. The summed E-state index contributed by atoms with van der Waals surface area (Å²) in [5.41, 5.74) is 4.69. The molecular formula is C21H20N2O2. The number of nitrogens with one attached hydrogen (secondary N) is 1. The van der Waals surface area contributed by atoms with Gasteiger partial charge < -0.3 is 10.1 Å². The van der Waals surface area contributed by atoms with Crippen LogP contribution in [0.2, 0.25) is 0 Å². The zero-order valence-electron chi connectivity index (χ0n) is 14.1. The van der Waals surface area contributed by atoms with E-state index in [4.69, 9.17) is 4.74 Å². The first-order chi connectivity index (χ1) is 12.3. The molecule has 0 spiro atoms. The van der Waals surface area contributed by atoms with E-state index in [2.05, 4.69) is 10.3 Å². The molecule has 0 bridgehead atoms. The molecule has 0 saturated heterocycles. The van der Waals surface area contributed by atoms with E-state index in [1.165, 1.54) is 0 Å². The van der Waals surface area contributed by atoms with Gasteiger partial charge in [-0.05, 0) is 46.5 Å². The second-order valence-corrected chi connectivity index (χ2v) is 5.67. The van der Waals surface area contributed by atoms with Crippen molar-refractivity contribution in [2.45, 2.75) is 13.2 Å². The molecule has 4 heteroatoms. The van der Waals surface area contributed by atoms with E-state index in [1.807, 2.05) is 60.7 Å². The van der Waals surface area contributed by atoms with Crippen LogP contribution in [-0.2, 0) is 18.0 Å². The van der Waals surface area contributed by atoms with E-state index in [9.17, 15) is 4.79 Å². The summed E-state index contributed by atoms with van der Waals surface area (Å²) >= 11 is 0. The molecule has 0 aliphatic heterocycles. The van der Waals surface area contributed by atoms with Crippen LogP contribution < -0.4 is 5.32 Å². The van der Waals surface area contributed by atoms with Gasteiger partial charge in [0.05, 0.1) is 13.2 Å². The van der Waals surface area contributed by atoms with Crippen LogP contribution in [0, 0.1) is 0 Å². The van der Waals surface area contributed by atoms with Gasteiger partial charge in [0.15, 0.2) is 0 Å². The van der Waals surface area contributed by atoms with Crippen molar-refractivity contribution < 1.29 is 9.53 Å². The van der Waals surface area contributed by atoms with Crippen LogP contribution in [0.15, 0.2) is 73.1 Å². The third-order valence-corrected chi connectivity index (χ3v) is 3.93. The lowest BCUT2D eigenvalue weighted by Gasteiger charge is -2.12. The van der Waals surface area contributed by atoms with E-state index >= 15 is 0 Å². The number of hydrogen-bond acceptors (Lipinski definition) is 3. The molecule has 0 unspecified atom stereocenters. The molecule has 0 saturated carbocycles. The molecule has 25 heavy (non-hydrogen) atoms. The highest BCUT2D eigenvalue weighted by Gasteiger charge is 2.12. The molecule has 1 amide bonds. The number of nitrogens with zero attached hydrogens (tertiary/aromatic N) is 1. The number of carbonyl (C=O) groups excluding carboxylic acids is 1. The first-order valence-corrected chi connectivity index (χ1v) is 8.15. The number of benzene rings is 2. The summed E-state index contributed by atoms with van der Waals surface area (Å²) in [7, 11) is 1.64. The lowest BCUT2D eigenvalue weighted by Crippen LogP contribution is -2.18. The number of pyridine rings is 1. The zero-order valence-corrected chi connectivity index (χ0v) is 14.1. The Labute approximate surface area is 147 Å². The van der Waals surface area contributed by atoms with E-state index in [0.717, 1.165) is 22.3 Å². The SMILES string of the molecule is CNC(=O)c1ccc(COCc2ccncc2)cc1-c1ccccc1. The number of ether oxygens (including phenoxy) is 1. The van der Waals surface area contributed by atoms with E-state index < -0.39 is 0 Å². The average molecular weight is 332 g/mol. The van der Waals surface area contributed by atoms with E-state index in [-0.39, 0.29) is 5.91 Å². The normalized spacial score (nSPS) is 10.4. The van der Waals surface area contributed by atoms with Gasteiger partial charge >= 0.3 is 0 Å². The summed E-state index contributed by atoms with van der Waals surface area (Å²) in [6, 6.07) is 19.6. The van der Waals surface area contributed by atoms with Gasteiger partial charge in [-0.3, -0.25) is 9.78 Å². The molecule has 1 heterocycles. The summed E-state index contributed by atoms with van der Waals surface area (Å²) < 4.78 is 5.79. The topological polar surface area (TPSA) is 51.2 Å². The Hall–Kier alpha value is -2.98. The average Bonchev–Trinajstić information content (AvgIpc) is 2.69. The molecule has 2 aromatic carbocycles. The Morgan fingerprint density at radius 3 is 2.40 bits per heavy atom. The highest BCUT2D eigenvalue weighted by molar-refractivity contribution is 6.00. The molecular weight excluding hydrogens is 312 g/mol. The van der Waals surface area contributed by atoms with Crippen molar-refractivity contribution in [1.82, 2.24) is 10.3 Å². The minimum absolute atomic E-state index is 0.0943. The van der Waals surface area contributed by atoms with Crippen molar-refractivity contribution in [2.24, 2.45) is 0 Å². The fraction of sp³-hybridized carbons (Fsp3) is 0.143. The van der Waals surface area contributed by atoms with Crippen molar-refractivity contribution >= 4 is 5.91 Å². The predicted molar refractivity (Wildman–Crippen MR) is 98.0 cm³/mol. The van der Waals surface area contributed by atoms with Gasteiger partial charge in [0.2, 0.25) is 0 Å². The van der Waals surface area contributed by atoms with Gasteiger partial charge in [-0.25, -0.2) is 0 Å². The number of rotatable bonds is 6. The van der Waals surface area contributed by atoms with Crippen LogP contribution in [0.4, 0.5) is 0 Å². The highest BCUT2D eigenvalue weighted by atomic mass is 16.5. The van der Waals surface area contributed by atoms with Crippen LogP contribution in [0.5, 0.6) is 0 Å². The lowest BCUT2D eigenvalue weighted by molar-refractivity contribution is 0.0963. The van der Waals surface area contributed by atoms with E-state index in [1.54, 1.807) is 19.4 Å². The second-order valence-electron chi connectivity index (χ2n) is 5.67. The Balaban J connectivity index is 1.80. The molecule has 1 N–H and O–H groups in total. The van der Waals surface area contributed by atoms with Crippen LogP contribution in [0.3, 0.4) is 0 Å². The van der Waals surface area contributed by atoms with Crippen LogP contribution in [-0.4, -0.2) is 17.9 Å². The third-order valence-electron chi connectivity index (χ3n) is 3.93. The molecule has 0 radical (unpaired) electrons. The first kappa shape index (κ1) is 16.9. The standard InChI is InChI=1S/C21H20N2O2/c1-22-21(24)19-8-7-17(13-20(19)18-5-3-2-4-6-18)15-25-14-16-9-11-23-12-10-16/h2-13H,14-15H2,1H3,(H,22,24). The molecule has 4 nitrogen and oxygen atoms in total. The molecule has 1 aromatic heterocycles. The Bertz CT molecular complexity index is 833. The van der Waals surface area contributed by atoms with Gasteiger partial charge in [-0.1, -0.05) is 36.4 Å². The molecule has 126 valence electrons. The highest BCUT2D eigenvalue weighted by Crippen LogP contribution is 2.25. The molecule has 0 aliphatic rings. The largest absolute Gasteiger partial charge is 0.372 e. The number of aromatic nitrogens is 1. The van der Waals surface area contributed by atoms with E-state index in [0.29, 0.717) is 18.8 Å². The Kier molecular flexibility index (Phi) is 5.54. The minimum Gasteiger partial charge on any atom is -0.372 e. The molecule has 0 fully saturated rings. The maximum atomic E-state index is 12.2. The van der Waals surface area contributed by atoms with Gasteiger partial charge in [0.1, 0.15) is 0 Å². The van der Waals surface area contributed by atoms with Crippen molar-refractivity contribution in [2.75, 3.05) is 7.05 Å². The monoisotopic (exact) mass is 332 g/mol. The Morgan fingerprint density at radius 2 is 1.68 bits per heavy atom. The maximum Gasteiger partial charge on any atom is 0.251 e. The molecule has 0 aliphatic carbocycles. The molecule has 0 atom stereocenters. The Morgan fingerprint density at radius 1 is 0.960 bits per heavy atom. The number of hydrogen-bond donors (Lipinski definition) is 1. The predicted octanol–water partition coefficient (Wildman–Crippen LogP) is 3.83. The summed E-state index contributed by atoms with van der Waals surface area (Å²) in [6.45, 7) is 1.01. The summed E-state index contributed by atoms with van der Waals surface area (Å²) in [6.07, 6.45) is 3.51. The van der Waals surface area contributed by atoms with Crippen molar-refractivity contribution in [3.63, 3.8) is 0 Å². The quantitative estimate of drug-likeness (QED) is 0.746. The number of carbonyl (C=O) groups is 1. The summed E-state index contributed by atoms with van der Waals surface area (Å²) in [4.78, 5) is 16.2. The van der Waals surface area contributed by atoms with Gasteiger partial charge in [-0.2, -0.15) is 0 Å². The van der Waals surface area contributed by atoms with Crippen molar-refractivity contribution in [3.8, 4) is 11.1 Å². The van der Waals surface area contributed by atoms with Crippen molar-refractivity contribution in [1.29, 1.82) is 0 Å². The fourth-order valence-electron chi connectivity index (χ4n) is 2.64. The first-order valence-electron chi connectivity index (χ1n) is 8.15. The van der Waals surface area contributed by atoms with Gasteiger partial charge in [0.25, 0.3) is 5.91 Å². The summed E-state index contributed by atoms with van der Waals surface area (Å²) in [5, 5.41) is 2.70. The van der Waals surface area contributed by atoms with Crippen LogP contribution in [0.1, 0.15) is 21.5 Å². The second kappa shape index (κ2) is 8.22. The number of amides is 1. The summed E-state index contributed by atoms with van der Waals surface area (Å²) in [5.74, 6) is -0.0943. The smallest absolute Gasteiger partial charge is 0.251 e. The molecule has 3 rings (SSSR count).